The minimum absolute atomic E-state index is 0.0364. The smallest absolute Gasteiger partial charge is 0.261 e. The summed E-state index contributed by atoms with van der Waals surface area (Å²) in [5, 5.41) is 3.54. The lowest BCUT2D eigenvalue weighted by Crippen LogP contribution is -2.50. The van der Waals surface area contributed by atoms with Crippen LogP contribution >= 0.6 is 11.6 Å². The summed E-state index contributed by atoms with van der Waals surface area (Å²) in [6, 6.07) is 12.4. The van der Waals surface area contributed by atoms with E-state index >= 15 is 0 Å². The van der Waals surface area contributed by atoms with Crippen LogP contribution in [0.5, 0.6) is 5.75 Å². The second-order valence-electron chi connectivity index (χ2n) is 7.63. The minimum atomic E-state index is -0.646. The van der Waals surface area contributed by atoms with Gasteiger partial charge in [-0.1, -0.05) is 42.8 Å². The van der Waals surface area contributed by atoms with Gasteiger partial charge in [-0.3, -0.25) is 9.59 Å². The molecule has 0 heterocycles. The van der Waals surface area contributed by atoms with E-state index in [-0.39, 0.29) is 31.0 Å². The van der Waals surface area contributed by atoms with Crippen LogP contribution in [0.4, 0.5) is 0 Å². The molecule has 0 aliphatic heterocycles. The number of nitrogens with one attached hydrogen (secondary N) is 1. The van der Waals surface area contributed by atoms with E-state index in [1.807, 2.05) is 58.0 Å². The van der Waals surface area contributed by atoms with Gasteiger partial charge in [-0.15, -0.1) is 0 Å². The second-order valence-corrected chi connectivity index (χ2v) is 8.07. The summed E-state index contributed by atoms with van der Waals surface area (Å²) in [6.45, 7) is 9.76. The van der Waals surface area contributed by atoms with Crippen LogP contribution < -0.4 is 10.1 Å². The van der Waals surface area contributed by atoms with Crippen molar-refractivity contribution in [1.82, 2.24) is 10.2 Å². The van der Waals surface area contributed by atoms with Crippen LogP contribution in [0.2, 0.25) is 5.02 Å². The normalized spacial score (nSPS) is 12.7. The van der Waals surface area contributed by atoms with Crippen molar-refractivity contribution in [3.8, 4) is 5.75 Å². The van der Waals surface area contributed by atoms with E-state index in [0.717, 1.165) is 23.1 Å². The van der Waals surface area contributed by atoms with Gasteiger partial charge in [0.1, 0.15) is 11.8 Å². The third kappa shape index (κ3) is 6.49. The summed E-state index contributed by atoms with van der Waals surface area (Å²) in [5.41, 5.74) is 2.94. The van der Waals surface area contributed by atoms with E-state index in [2.05, 4.69) is 5.32 Å². The van der Waals surface area contributed by atoms with Crippen LogP contribution in [-0.2, 0) is 16.1 Å². The molecule has 6 heteroatoms. The second kappa shape index (κ2) is 11.0. The number of benzene rings is 2. The summed E-state index contributed by atoms with van der Waals surface area (Å²) in [6.07, 6.45) is 0.816. The molecule has 0 radical (unpaired) electrons. The first-order valence-corrected chi connectivity index (χ1v) is 10.6. The molecule has 1 N–H and O–H groups in total. The molecule has 0 fully saturated rings. The third-order valence-electron chi connectivity index (χ3n) is 5.32. The van der Waals surface area contributed by atoms with E-state index in [9.17, 15) is 9.59 Å². The molecule has 162 valence electrons. The molecule has 2 rings (SSSR count). The van der Waals surface area contributed by atoms with E-state index < -0.39 is 6.04 Å². The number of rotatable bonds is 9. The Balaban J connectivity index is 2.19. The first-order valence-electron chi connectivity index (χ1n) is 10.3. The van der Waals surface area contributed by atoms with Crippen molar-refractivity contribution in [2.75, 3.05) is 6.61 Å². The van der Waals surface area contributed by atoms with Crippen molar-refractivity contribution in [3.63, 3.8) is 0 Å². The standard InChI is InChI=1S/C24H31ClN2O3/c1-6-17(3)26-24(29)19(5)27(14-20-10-8-11-21(25)13-20)23(28)15-30-22-12-7-9-16(2)18(22)4/h7-13,17,19H,6,14-15H2,1-5H3,(H,26,29)/t17-,19+/m0/s1. The number of hydrogen-bond acceptors (Lipinski definition) is 3. The molecule has 0 unspecified atom stereocenters. The third-order valence-corrected chi connectivity index (χ3v) is 5.55. The minimum Gasteiger partial charge on any atom is -0.483 e. The molecule has 2 amide bonds. The van der Waals surface area contributed by atoms with Crippen LogP contribution in [0.25, 0.3) is 0 Å². The lowest BCUT2D eigenvalue weighted by Gasteiger charge is -2.29. The largest absolute Gasteiger partial charge is 0.483 e. The number of ether oxygens (including phenoxy) is 1. The maximum Gasteiger partial charge on any atom is 0.261 e. The van der Waals surface area contributed by atoms with Crippen LogP contribution in [0.15, 0.2) is 42.5 Å². The molecule has 5 nitrogen and oxygen atoms in total. The van der Waals surface area contributed by atoms with Crippen molar-refractivity contribution >= 4 is 23.4 Å². The molecule has 0 bridgehead atoms. The zero-order valence-corrected chi connectivity index (χ0v) is 19.1. The number of carbonyl (C=O) groups excluding carboxylic acids is 2. The lowest BCUT2D eigenvalue weighted by molar-refractivity contribution is -0.142. The Bertz CT molecular complexity index is 885. The van der Waals surface area contributed by atoms with Gasteiger partial charge >= 0.3 is 0 Å². The van der Waals surface area contributed by atoms with Gasteiger partial charge in [0.05, 0.1) is 0 Å². The SMILES string of the molecule is CC[C@H](C)NC(=O)[C@@H](C)N(Cc1cccc(Cl)c1)C(=O)COc1cccc(C)c1C. The molecular weight excluding hydrogens is 400 g/mol. The van der Waals surface area contributed by atoms with Crippen molar-refractivity contribution < 1.29 is 14.3 Å². The molecule has 0 aliphatic carbocycles. The van der Waals surface area contributed by atoms with Crippen molar-refractivity contribution in [1.29, 1.82) is 0 Å². The number of aryl methyl sites for hydroxylation is 1. The Hall–Kier alpha value is -2.53. The van der Waals surface area contributed by atoms with Crippen molar-refractivity contribution in [2.24, 2.45) is 0 Å². The summed E-state index contributed by atoms with van der Waals surface area (Å²) in [7, 11) is 0. The zero-order valence-electron chi connectivity index (χ0n) is 18.4. The number of amides is 2. The molecule has 30 heavy (non-hydrogen) atoms. The molecule has 0 saturated heterocycles. The fourth-order valence-corrected chi connectivity index (χ4v) is 3.20. The highest BCUT2D eigenvalue weighted by atomic mass is 35.5. The zero-order chi connectivity index (χ0) is 22.3. The predicted molar refractivity (Wildman–Crippen MR) is 121 cm³/mol. The summed E-state index contributed by atoms with van der Waals surface area (Å²) < 4.78 is 5.81. The topological polar surface area (TPSA) is 58.6 Å². The van der Waals surface area contributed by atoms with E-state index in [1.165, 1.54) is 4.90 Å². The molecule has 0 spiro atoms. The number of halogens is 1. The molecule has 0 aliphatic rings. The highest BCUT2D eigenvalue weighted by Crippen LogP contribution is 2.21. The summed E-state index contributed by atoms with van der Waals surface area (Å²) in [5.74, 6) is 0.219. The maximum absolute atomic E-state index is 13.1. The maximum atomic E-state index is 13.1. The molecule has 0 saturated carbocycles. The predicted octanol–water partition coefficient (Wildman–Crippen LogP) is 4.67. The van der Waals surface area contributed by atoms with Crippen LogP contribution in [0.3, 0.4) is 0 Å². The number of carbonyl (C=O) groups is 2. The Labute approximate surface area is 184 Å². The van der Waals surface area contributed by atoms with Gasteiger partial charge in [0.25, 0.3) is 5.91 Å². The van der Waals surface area contributed by atoms with Gasteiger partial charge in [-0.25, -0.2) is 0 Å². The first-order chi connectivity index (χ1) is 14.2. The number of nitrogens with zero attached hydrogens (tertiary/aromatic N) is 1. The van der Waals surface area contributed by atoms with Gasteiger partial charge < -0.3 is 15.0 Å². The fourth-order valence-electron chi connectivity index (χ4n) is 2.98. The molecule has 0 aromatic heterocycles. The van der Waals surface area contributed by atoms with Gasteiger partial charge in [0.15, 0.2) is 6.61 Å². The quantitative estimate of drug-likeness (QED) is 0.629. The number of hydrogen-bond donors (Lipinski definition) is 1. The van der Waals surface area contributed by atoms with Gasteiger partial charge in [-0.2, -0.15) is 0 Å². The Morgan fingerprint density at radius 1 is 1.13 bits per heavy atom. The summed E-state index contributed by atoms with van der Waals surface area (Å²) in [4.78, 5) is 27.3. The molecule has 2 aromatic carbocycles. The first kappa shape index (κ1) is 23.7. The van der Waals surface area contributed by atoms with Crippen LogP contribution in [0.1, 0.15) is 43.9 Å². The molecule has 2 atom stereocenters. The van der Waals surface area contributed by atoms with Crippen LogP contribution in [0, 0.1) is 13.8 Å². The highest BCUT2D eigenvalue weighted by Gasteiger charge is 2.27. The van der Waals surface area contributed by atoms with Crippen molar-refractivity contribution in [2.45, 2.75) is 59.7 Å². The highest BCUT2D eigenvalue weighted by molar-refractivity contribution is 6.30. The Morgan fingerprint density at radius 3 is 2.50 bits per heavy atom. The average molecular weight is 431 g/mol. The van der Waals surface area contributed by atoms with Gasteiger partial charge in [-0.05, 0) is 69.0 Å². The molecule has 2 aromatic rings. The van der Waals surface area contributed by atoms with E-state index in [0.29, 0.717) is 10.8 Å². The van der Waals surface area contributed by atoms with E-state index in [4.69, 9.17) is 16.3 Å². The average Bonchev–Trinajstić information content (AvgIpc) is 2.72. The summed E-state index contributed by atoms with van der Waals surface area (Å²) >= 11 is 6.10. The lowest BCUT2D eigenvalue weighted by atomic mass is 10.1. The van der Waals surface area contributed by atoms with Gasteiger partial charge in [0.2, 0.25) is 5.91 Å². The Kier molecular flexibility index (Phi) is 8.72. The van der Waals surface area contributed by atoms with Gasteiger partial charge in [0, 0.05) is 17.6 Å². The molecular formula is C24H31ClN2O3. The monoisotopic (exact) mass is 430 g/mol. The van der Waals surface area contributed by atoms with E-state index in [1.54, 1.807) is 19.1 Å². The fraction of sp³-hybridized carbons (Fsp3) is 0.417. The Morgan fingerprint density at radius 2 is 1.83 bits per heavy atom. The van der Waals surface area contributed by atoms with Crippen molar-refractivity contribution in [3.05, 3.63) is 64.2 Å². The van der Waals surface area contributed by atoms with Crippen LogP contribution in [-0.4, -0.2) is 35.4 Å².